The number of hydrogen-bond acceptors (Lipinski definition) is 4. The Morgan fingerprint density at radius 3 is 2.03 bits per heavy atom. The van der Waals surface area contributed by atoms with Crippen LogP contribution in [0.5, 0.6) is 0 Å². The zero-order chi connectivity index (χ0) is 20.6. The molecule has 0 radical (unpaired) electrons. The van der Waals surface area contributed by atoms with Gasteiger partial charge in [0.05, 0.1) is 4.90 Å². The first-order valence-corrected chi connectivity index (χ1v) is 11.9. The Labute approximate surface area is 172 Å². The van der Waals surface area contributed by atoms with Crippen molar-refractivity contribution in [2.24, 2.45) is 23.2 Å². The zero-order valence-electron chi connectivity index (χ0n) is 16.7. The summed E-state index contributed by atoms with van der Waals surface area (Å²) in [5.41, 5.74) is 0.326. The smallest absolute Gasteiger partial charge is 0.240 e. The molecule has 0 heterocycles. The van der Waals surface area contributed by atoms with Gasteiger partial charge >= 0.3 is 0 Å². The molecule has 4 aliphatic carbocycles. The molecule has 3 N–H and O–H groups in total. The minimum atomic E-state index is -3.66. The molecule has 4 fully saturated rings. The van der Waals surface area contributed by atoms with Crippen LogP contribution in [0.1, 0.15) is 45.4 Å². The molecule has 4 aliphatic rings. The predicted molar refractivity (Wildman–Crippen MR) is 110 cm³/mol. The minimum absolute atomic E-state index is 0.107. The van der Waals surface area contributed by atoms with Crippen LogP contribution in [0.2, 0.25) is 0 Å². The lowest BCUT2D eigenvalue weighted by Crippen LogP contribution is -2.54. The van der Waals surface area contributed by atoms with E-state index in [1.807, 2.05) is 0 Å². The fourth-order valence-corrected chi connectivity index (χ4v) is 6.97. The molecule has 2 amide bonds. The molecule has 8 heteroatoms. The Bertz CT molecular complexity index is 860. The van der Waals surface area contributed by atoms with Crippen molar-refractivity contribution in [1.82, 2.24) is 10.0 Å². The SMILES string of the molecule is CC(=O)Nc1ccc(S(=O)(=O)NCCNC(=O)C23CC4CC(CC(C4)C2)C3)cc1. The molecule has 0 spiro atoms. The maximum absolute atomic E-state index is 12.9. The first-order valence-electron chi connectivity index (χ1n) is 10.4. The lowest BCUT2D eigenvalue weighted by molar-refractivity contribution is -0.146. The minimum Gasteiger partial charge on any atom is -0.354 e. The lowest BCUT2D eigenvalue weighted by Gasteiger charge is -2.55. The summed E-state index contributed by atoms with van der Waals surface area (Å²) >= 11 is 0. The molecule has 1 aromatic carbocycles. The van der Waals surface area contributed by atoms with Crippen LogP contribution < -0.4 is 15.4 Å². The van der Waals surface area contributed by atoms with Crippen molar-refractivity contribution in [2.75, 3.05) is 18.4 Å². The number of carbonyl (C=O) groups is 2. The predicted octanol–water partition coefficient (Wildman–Crippen LogP) is 2.26. The van der Waals surface area contributed by atoms with Crippen LogP contribution in [-0.2, 0) is 19.6 Å². The van der Waals surface area contributed by atoms with E-state index in [9.17, 15) is 18.0 Å². The number of carbonyl (C=O) groups excluding carboxylic acids is 2. The van der Waals surface area contributed by atoms with E-state index in [4.69, 9.17) is 0 Å². The summed E-state index contributed by atoms with van der Waals surface area (Å²) in [4.78, 5) is 24.1. The van der Waals surface area contributed by atoms with Crippen LogP contribution in [0.15, 0.2) is 29.2 Å². The molecule has 158 valence electrons. The molecule has 0 atom stereocenters. The van der Waals surface area contributed by atoms with Crippen molar-refractivity contribution in [1.29, 1.82) is 0 Å². The summed E-state index contributed by atoms with van der Waals surface area (Å²) in [5.74, 6) is 1.99. The van der Waals surface area contributed by atoms with Gasteiger partial charge in [-0.15, -0.1) is 0 Å². The summed E-state index contributed by atoms with van der Waals surface area (Å²) in [5, 5.41) is 5.58. The van der Waals surface area contributed by atoms with Gasteiger partial charge in [-0.25, -0.2) is 13.1 Å². The molecule has 0 aromatic heterocycles. The van der Waals surface area contributed by atoms with Crippen molar-refractivity contribution in [2.45, 2.75) is 50.3 Å². The highest BCUT2D eigenvalue weighted by Gasteiger charge is 2.54. The molecule has 4 saturated carbocycles. The fourth-order valence-electron chi connectivity index (χ4n) is 5.94. The maximum Gasteiger partial charge on any atom is 0.240 e. The van der Waals surface area contributed by atoms with Crippen molar-refractivity contribution < 1.29 is 18.0 Å². The monoisotopic (exact) mass is 419 g/mol. The number of anilines is 1. The molecule has 0 aliphatic heterocycles. The Morgan fingerprint density at radius 2 is 1.52 bits per heavy atom. The van der Waals surface area contributed by atoms with Crippen LogP contribution >= 0.6 is 0 Å². The number of sulfonamides is 1. The second kappa shape index (κ2) is 7.72. The van der Waals surface area contributed by atoms with Crippen LogP contribution in [0.25, 0.3) is 0 Å². The molecular weight excluding hydrogens is 390 g/mol. The summed E-state index contributed by atoms with van der Waals surface area (Å²) < 4.78 is 27.4. The third-order valence-corrected chi connectivity index (χ3v) is 8.18. The molecule has 1 aromatic rings. The van der Waals surface area contributed by atoms with E-state index >= 15 is 0 Å². The van der Waals surface area contributed by atoms with Crippen LogP contribution in [0.4, 0.5) is 5.69 Å². The quantitative estimate of drug-likeness (QED) is 0.590. The van der Waals surface area contributed by atoms with Crippen molar-refractivity contribution in [3.63, 3.8) is 0 Å². The van der Waals surface area contributed by atoms with Gasteiger partial charge in [-0.05, 0) is 80.5 Å². The summed E-state index contributed by atoms with van der Waals surface area (Å²) in [7, 11) is -3.66. The van der Waals surface area contributed by atoms with Gasteiger partial charge in [-0.3, -0.25) is 9.59 Å². The van der Waals surface area contributed by atoms with Crippen molar-refractivity contribution in [3.8, 4) is 0 Å². The van der Waals surface area contributed by atoms with Gasteiger partial charge in [0.2, 0.25) is 21.8 Å². The number of hydrogen-bond donors (Lipinski definition) is 3. The second-order valence-corrected chi connectivity index (χ2v) is 10.8. The van der Waals surface area contributed by atoms with E-state index in [0.29, 0.717) is 23.4 Å². The zero-order valence-corrected chi connectivity index (χ0v) is 17.6. The van der Waals surface area contributed by atoms with Crippen LogP contribution in [-0.4, -0.2) is 33.3 Å². The van der Waals surface area contributed by atoms with Crippen molar-refractivity contribution in [3.05, 3.63) is 24.3 Å². The van der Waals surface area contributed by atoms with E-state index in [1.165, 1.54) is 38.3 Å². The third-order valence-electron chi connectivity index (χ3n) is 6.71. The van der Waals surface area contributed by atoms with Gasteiger partial charge in [0.15, 0.2) is 0 Å². The van der Waals surface area contributed by atoms with E-state index in [1.54, 1.807) is 12.1 Å². The Kier molecular flexibility index (Phi) is 5.42. The average Bonchev–Trinajstić information content (AvgIpc) is 2.64. The van der Waals surface area contributed by atoms with Crippen LogP contribution in [0, 0.1) is 23.2 Å². The Balaban J connectivity index is 1.28. The number of amides is 2. The summed E-state index contributed by atoms with van der Waals surface area (Å²) in [6, 6.07) is 5.98. The van der Waals surface area contributed by atoms with E-state index in [0.717, 1.165) is 19.3 Å². The third kappa shape index (κ3) is 4.33. The van der Waals surface area contributed by atoms with Gasteiger partial charge in [-0.2, -0.15) is 0 Å². The van der Waals surface area contributed by atoms with E-state index < -0.39 is 10.0 Å². The molecular formula is C21H29N3O4S. The largest absolute Gasteiger partial charge is 0.354 e. The standard InChI is InChI=1S/C21H29N3O4S/c1-14(25)24-18-2-4-19(5-3-18)29(27,28)23-7-6-22-20(26)21-11-15-8-16(12-21)10-17(9-15)13-21/h2-5,15-17,23H,6-13H2,1H3,(H,22,26)(H,24,25). The molecule has 0 saturated heterocycles. The fraction of sp³-hybridized carbons (Fsp3) is 0.619. The lowest BCUT2D eigenvalue weighted by atomic mass is 9.49. The first-order chi connectivity index (χ1) is 13.8. The second-order valence-electron chi connectivity index (χ2n) is 9.06. The molecule has 4 bridgehead atoms. The van der Waals surface area contributed by atoms with E-state index in [2.05, 4.69) is 15.4 Å². The maximum atomic E-state index is 12.9. The number of rotatable bonds is 7. The Morgan fingerprint density at radius 1 is 0.966 bits per heavy atom. The topological polar surface area (TPSA) is 104 Å². The van der Waals surface area contributed by atoms with Gasteiger partial charge in [0.1, 0.15) is 0 Å². The van der Waals surface area contributed by atoms with Gasteiger partial charge in [-0.1, -0.05) is 0 Å². The summed E-state index contributed by atoms with van der Waals surface area (Å²) in [6.45, 7) is 1.82. The molecule has 5 rings (SSSR count). The highest BCUT2D eigenvalue weighted by atomic mass is 32.2. The Hall–Kier alpha value is -1.93. The normalized spacial score (nSPS) is 30.2. The molecule has 0 unspecified atom stereocenters. The molecule has 29 heavy (non-hydrogen) atoms. The van der Waals surface area contributed by atoms with Gasteiger partial charge in [0, 0.05) is 31.1 Å². The molecule has 7 nitrogen and oxygen atoms in total. The average molecular weight is 420 g/mol. The van der Waals surface area contributed by atoms with Gasteiger partial charge < -0.3 is 10.6 Å². The van der Waals surface area contributed by atoms with Crippen molar-refractivity contribution >= 4 is 27.5 Å². The highest BCUT2D eigenvalue weighted by molar-refractivity contribution is 7.89. The van der Waals surface area contributed by atoms with E-state index in [-0.39, 0.29) is 35.2 Å². The first kappa shape index (κ1) is 20.3. The van der Waals surface area contributed by atoms with Gasteiger partial charge in [0.25, 0.3) is 0 Å². The number of benzene rings is 1. The summed E-state index contributed by atoms with van der Waals surface area (Å²) in [6.07, 6.45) is 6.85. The van der Waals surface area contributed by atoms with Crippen LogP contribution in [0.3, 0.4) is 0 Å². The highest BCUT2D eigenvalue weighted by Crippen LogP contribution is 2.60. The number of nitrogens with one attached hydrogen (secondary N) is 3.